The molecule has 0 fully saturated rings. The van der Waals surface area contributed by atoms with Crippen molar-refractivity contribution in [3.8, 4) is 0 Å². The molecule has 1 aliphatic rings. The Balaban J connectivity index is 2.15. The first kappa shape index (κ1) is 12.1. The Kier molecular flexibility index (Phi) is 3.75. The van der Waals surface area contributed by atoms with Gasteiger partial charge in [0.1, 0.15) is 5.82 Å². The van der Waals surface area contributed by atoms with E-state index in [1.54, 1.807) is 0 Å². The molecular weight excluding hydrogens is 218 g/mol. The van der Waals surface area contributed by atoms with Crippen LogP contribution in [-0.2, 0) is 13.0 Å². The van der Waals surface area contributed by atoms with Crippen molar-refractivity contribution in [1.82, 2.24) is 20.2 Å². The lowest BCUT2D eigenvalue weighted by molar-refractivity contribution is 0.425. The zero-order chi connectivity index (χ0) is 12.3. The molecule has 0 aromatic carbocycles. The fourth-order valence-electron chi connectivity index (χ4n) is 1.92. The molecule has 0 saturated carbocycles. The first-order valence-electron chi connectivity index (χ1n) is 5.88. The highest BCUT2D eigenvalue weighted by Gasteiger charge is 2.15. The van der Waals surface area contributed by atoms with E-state index in [0.717, 1.165) is 49.7 Å². The summed E-state index contributed by atoms with van der Waals surface area (Å²) >= 11 is 0. The number of aromatic nitrogens is 2. The molecule has 0 saturated heterocycles. The third kappa shape index (κ3) is 3.04. The summed E-state index contributed by atoms with van der Waals surface area (Å²) in [7, 11) is 4.04. The summed E-state index contributed by atoms with van der Waals surface area (Å²) in [5.74, 6) is 0.720. The summed E-state index contributed by atoms with van der Waals surface area (Å²) in [6.07, 6.45) is 0.857. The third-order valence-electron chi connectivity index (χ3n) is 2.83. The summed E-state index contributed by atoms with van der Waals surface area (Å²) in [5.41, 5.74) is 1.84. The van der Waals surface area contributed by atoms with Crippen molar-refractivity contribution in [2.75, 3.05) is 39.0 Å². The highest BCUT2D eigenvalue weighted by Crippen LogP contribution is 2.16. The van der Waals surface area contributed by atoms with Gasteiger partial charge in [-0.15, -0.1) is 0 Å². The number of rotatable bonds is 4. The number of nitrogens with one attached hydrogen (secondary N) is 3. The van der Waals surface area contributed by atoms with Gasteiger partial charge in [-0.05, 0) is 14.1 Å². The van der Waals surface area contributed by atoms with Crippen LogP contribution in [0.25, 0.3) is 0 Å². The molecule has 94 valence electrons. The van der Waals surface area contributed by atoms with Gasteiger partial charge in [-0.1, -0.05) is 0 Å². The molecule has 0 amide bonds. The maximum Gasteiger partial charge on any atom is 0.347 e. The second-order valence-corrected chi connectivity index (χ2v) is 4.50. The molecule has 0 unspecified atom stereocenters. The Bertz CT molecular complexity index is 440. The number of H-pyrrole nitrogens is 1. The van der Waals surface area contributed by atoms with Gasteiger partial charge < -0.3 is 20.5 Å². The maximum atomic E-state index is 11.4. The molecule has 6 heteroatoms. The molecule has 3 N–H and O–H groups in total. The molecule has 2 heterocycles. The smallest absolute Gasteiger partial charge is 0.347 e. The molecule has 1 aromatic rings. The number of aromatic amines is 1. The Morgan fingerprint density at radius 1 is 1.47 bits per heavy atom. The lowest BCUT2D eigenvalue weighted by atomic mass is 10.1. The molecule has 0 spiro atoms. The highest BCUT2D eigenvalue weighted by atomic mass is 16.1. The molecule has 1 aliphatic heterocycles. The van der Waals surface area contributed by atoms with Gasteiger partial charge in [0, 0.05) is 43.9 Å². The summed E-state index contributed by atoms with van der Waals surface area (Å²) in [6.45, 7) is 3.38. The van der Waals surface area contributed by atoms with Gasteiger partial charge in [-0.2, -0.15) is 4.98 Å². The van der Waals surface area contributed by atoms with Crippen molar-refractivity contribution < 1.29 is 0 Å². The van der Waals surface area contributed by atoms with E-state index < -0.39 is 0 Å². The molecular formula is C11H19N5O. The summed E-state index contributed by atoms with van der Waals surface area (Å²) in [6, 6.07) is 0. The van der Waals surface area contributed by atoms with E-state index in [1.807, 2.05) is 14.1 Å². The predicted molar refractivity (Wildman–Crippen MR) is 67.3 cm³/mol. The van der Waals surface area contributed by atoms with Crippen molar-refractivity contribution in [2.45, 2.75) is 13.0 Å². The number of hydrogen-bond donors (Lipinski definition) is 3. The van der Waals surface area contributed by atoms with Crippen molar-refractivity contribution >= 4 is 5.82 Å². The fourth-order valence-corrected chi connectivity index (χ4v) is 1.92. The van der Waals surface area contributed by atoms with E-state index in [4.69, 9.17) is 0 Å². The molecule has 6 nitrogen and oxygen atoms in total. The minimum absolute atomic E-state index is 0.266. The summed E-state index contributed by atoms with van der Waals surface area (Å²) < 4.78 is 0. The molecule has 1 aromatic heterocycles. The molecule has 17 heavy (non-hydrogen) atoms. The van der Waals surface area contributed by atoms with Crippen LogP contribution in [0.15, 0.2) is 4.79 Å². The molecule has 0 atom stereocenters. The van der Waals surface area contributed by atoms with Gasteiger partial charge in [0.15, 0.2) is 0 Å². The van der Waals surface area contributed by atoms with Crippen molar-refractivity contribution in [3.63, 3.8) is 0 Å². The quantitative estimate of drug-likeness (QED) is 0.651. The van der Waals surface area contributed by atoms with Crippen molar-refractivity contribution in [3.05, 3.63) is 21.7 Å². The number of hydrogen-bond acceptors (Lipinski definition) is 5. The molecule has 2 rings (SSSR count). The van der Waals surface area contributed by atoms with Crippen LogP contribution in [0.5, 0.6) is 0 Å². The zero-order valence-electron chi connectivity index (χ0n) is 10.3. The topological polar surface area (TPSA) is 73.0 Å². The third-order valence-corrected chi connectivity index (χ3v) is 2.83. The molecule has 0 aliphatic carbocycles. The van der Waals surface area contributed by atoms with Crippen molar-refractivity contribution in [2.24, 2.45) is 0 Å². The van der Waals surface area contributed by atoms with E-state index in [2.05, 4.69) is 25.5 Å². The van der Waals surface area contributed by atoms with Crippen LogP contribution in [0.3, 0.4) is 0 Å². The Hall–Kier alpha value is -1.40. The van der Waals surface area contributed by atoms with Crippen LogP contribution in [0.4, 0.5) is 5.82 Å². The molecule has 0 radical (unpaired) electrons. The van der Waals surface area contributed by atoms with E-state index in [1.165, 1.54) is 0 Å². The second kappa shape index (κ2) is 5.29. The van der Waals surface area contributed by atoms with E-state index >= 15 is 0 Å². The lowest BCUT2D eigenvalue weighted by Gasteiger charge is -2.20. The number of nitrogens with zero attached hydrogens (tertiary/aromatic N) is 2. The van der Waals surface area contributed by atoms with Crippen LogP contribution < -0.4 is 16.3 Å². The van der Waals surface area contributed by atoms with E-state index in [-0.39, 0.29) is 5.69 Å². The fraction of sp³-hybridized carbons (Fsp3) is 0.636. The Morgan fingerprint density at radius 2 is 2.29 bits per heavy atom. The predicted octanol–water partition coefficient (Wildman–Crippen LogP) is -0.611. The zero-order valence-corrected chi connectivity index (χ0v) is 10.3. The standard InChI is InChI=1S/C11H19N5O/c1-16(2)6-5-13-10-8-7-12-4-3-9(8)14-11(17)15-10/h12H,3-7H2,1-2H3,(H2,13,14,15,17). The first-order chi connectivity index (χ1) is 8.16. The van der Waals surface area contributed by atoms with Gasteiger partial charge in [-0.3, -0.25) is 0 Å². The Labute approximate surface area is 100 Å². The summed E-state index contributed by atoms with van der Waals surface area (Å²) in [5, 5.41) is 6.52. The van der Waals surface area contributed by atoms with Crippen LogP contribution in [0, 0.1) is 0 Å². The van der Waals surface area contributed by atoms with Gasteiger partial charge in [0.05, 0.1) is 0 Å². The van der Waals surface area contributed by atoms with Crippen LogP contribution in [-0.4, -0.2) is 48.6 Å². The molecule has 0 bridgehead atoms. The minimum Gasteiger partial charge on any atom is -0.368 e. The maximum absolute atomic E-state index is 11.4. The van der Waals surface area contributed by atoms with Crippen LogP contribution in [0.1, 0.15) is 11.3 Å². The minimum atomic E-state index is -0.266. The van der Waals surface area contributed by atoms with Gasteiger partial charge in [0.25, 0.3) is 0 Å². The number of fused-ring (bicyclic) bond motifs is 1. The number of likely N-dealkylation sites (N-methyl/N-ethyl adjacent to an activating group) is 1. The monoisotopic (exact) mass is 237 g/mol. The first-order valence-corrected chi connectivity index (χ1v) is 5.88. The normalized spacial score (nSPS) is 14.8. The van der Waals surface area contributed by atoms with E-state index in [9.17, 15) is 4.79 Å². The van der Waals surface area contributed by atoms with Gasteiger partial charge >= 0.3 is 5.69 Å². The average molecular weight is 237 g/mol. The SMILES string of the molecule is CN(C)CCNc1nc(=O)[nH]c2c1CNCC2. The van der Waals surface area contributed by atoms with Gasteiger partial charge in [-0.25, -0.2) is 4.79 Å². The van der Waals surface area contributed by atoms with Gasteiger partial charge in [0.2, 0.25) is 0 Å². The summed E-state index contributed by atoms with van der Waals surface area (Å²) in [4.78, 5) is 20.3. The number of anilines is 1. The van der Waals surface area contributed by atoms with Crippen molar-refractivity contribution in [1.29, 1.82) is 0 Å². The average Bonchev–Trinajstić information content (AvgIpc) is 2.28. The highest BCUT2D eigenvalue weighted by molar-refractivity contribution is 5.46. The second-order valence-electron chi connectivity index (χ2n) is 4.50. The van der Waals surface area contributed by atoms with E-state index in [0.29, 0.717) is 0 Å². The van der Waals surface area contributed by atoms with Crippen LogP contribution >= 0.6 is 0 Å². The lowest BCUT2D eigenvalue weighted by Crippen LogP contribution is -2.31. The largest absolute Gasteiger partial charge is 0.368 e. The Morgan fingerprint density at radius 3 is 3.06 bits per heavy atom. The van der Waals surface area contributed by atoms with Crippen LogP contribution in [0.2, 0.25) is 0 Å².